The number of halogens is 1. The molecule has 2 atom stereocenters. The number of para-hydroxylation sites is 1. The fourth-order valence-electron chi connectivity index (χ4n) is 2.62. The van der Waals surface area contributed by atoms with Crippen LogP contribution in [0.5, 0.6) is 5.75 Å². The molecule has 150 valence electrons. The molecule has 0 fully saturated rings. The van der Waals surface area contributed by atoms with Crippen molar-refractivity contribution in [2.45, 2.75) is 45.8 Å². The Morgan fingerprint density at radius 2 is 1.82 bits per heavy atom. The molecule has 2 aromatic rings. The van der Waals surface area contributed by atoms with E-state index in [4.69, 9.17) is 16.3 Å². The van der Waals surface area contributed by atoms with E-state index in [9.17, 15) is 9.59 Å². The average Bonchev–Trinajstić information content (AvgIpc) is 2.70. The molecule has 2 aromatic carbocycles. The molecule has 0 aliphatic carbocycles. The minimum atomic E-state index is -0.639. The second kappa shape index (κ2) is 10.7. The number of hydrogen-bond acceptors (Lipinski definition) is 3. The van der Waals surface area contributed by atoms with Crippen molar-refractivity contribution < 1.29 is 14.3 Å². The first kappa shape index (κ1) is 21.8. The summed E-state index contributed by atoms with van der Waals surface area (Å²) in [4.78, 5) is 27.0. The molecular weight excluding hydrogens is 376 g/mol. The van der Waals surface area contributed by atoms with Gasteiger partial charge in [0.25, 0.3) is 5.91 Å². The largest absolute Gasteiger partial charge is 0.484 e. The van der Waals surface area contributed by atoms with Crippen LogP contribution in [-0.2, 0) is 16.1 Å². The number of benzene rings is 2. The van der Waals surface area contributed by atoms with Crippen LogP contribution in [0.2, 0.25) is 5.02 Å². The van der Waals surface area contributed by atoms with Gasteiger partial charge in [-0.2, -0.15) is 0 Å². The van der Waals surface area contributed by atoms with E-state index in [1.807, 2.05) is 44.2 Å². The van der Waals surface area contributed by atoms with E-state index in [0.29, 0.717) is 10.8 Å². The Bertz CT molecular complexity index is 782. The van der Waals surface area contributed by atoms with E-state index >= 15 is 0 Å². The van der Waals surface area contributed by atoms with Gasteiger partial charge in [-0.1, -0.05) is 48.9 Å². The van der Waals surface area contributed by atoms with Gasteiger partial charge in [0.05, 0.1) is 0 Å². The fraction of sp³-hybridized carbons (Fsp3) is 0.364. The highest BCUT2D eigenvalue weighted by Gasteiger charge is 2.27. The summed E-state index contributed by atoms with van der Waals surface area (Å²) in [5, 5.41) is 3.52. The Kier molecular flexibility index (Phi) is 8.33. The zero-order valence-corrected chi connectivity index (χ0v) is 17.3. The van der Waals surface area contributed by atoms with E-state index in [1.54, 1.807) is 31.2 Å². The number of carbonyl (C=O) groups is 2. The lowest BCUT2D eigenvalue weighted by Gasteiger charge is -2.29. The van der Waals surface area contributed by atoms with Gasteiger partial charge in [0.15, 0.2) is 6.61 Å². The minimum absolute atomic E-state index is 0.0404. The lowest BCUT2D eigenvalue weighted by atomic mass is 10.1. The van der Waals surface area contributed by atoms with Crippen LogP contribution in [0, 0.1) is 0 Å². The van der Waals surface area contributed by atoms with Crippen LogP contribution in [-0.4, -0.2) is 35.4 Å². The van der Waals surface area contributed by atoms with Crippen molar-refractivity contribution >= 4 is 23.4 Å². The van der Waals surface area contributed by atoms with Crippen LogP contribution >= 0.6 is 11.6 Å². The first-order chi connectivity index (χ1) is 13.4. The van der Waals surface area contributed by atoms with Crippen molar-refractivity contribution in [2.75, 3.05) is 6.61 Å². The Morgan fingerprint density at radius 1 is 1.11 bits per heavy atom. The van der Waals surface area contributed by atoms with Crippen molar-refractivity contribution in [2.24, 2.45) is 0 Å². The van der Waals surface area contributed by atoms with Gasteiger partial charge in [0.2, 0.25) is 5.91 Å². The summed E-state index contributed by atoms with van der Waals surface area (Å²) in [6.07, 6.45) is 0.817. The smallest absolute Gasteiger partial charge is 0.261 e. The molecule has 0 aliphatic rings. The maximum atomic E-state index is 12.9. The van der Waals surface area contributed by atoms with E-state index in [1.165, 1.54) is 4.90 Å². The molecule has 6 heteroatoms. The summed E-state index contributed by atoms with van der Waals surface area (Å²) in [6.45, 7) is 5.78. The molecule has 28 heavy (non-hydrogen) atoms. The van der Waals surface area contributed by atoms with Crippen molar-refractivity contribution in [3.05, 3.63) is 65.2 Å². The van der Waals surface area contributed by atoms with Crippen molar-refractivity contribution in [1.82, 2.24) is 10.2 Å². The number of carbonyl (C=O) groups excluding carboxylic acids is 2. The van der Waals surface area contributed by atoms with Gasteiger partial charge in [-0.05, 0) is 50.1 Å². The molecule has 5 nitrogen and oxygen atoms in total. The highest BCUT2D eigenvalue weighted by Crippen LogP contribution is 2.16. The molecule has 0 aromatic heterocycles. The van der Waals surface area contributed by atoms with Gasteiger partial charge in [0, 0.05) is 17.6 Å². The van der Waals surface area contributed by atoms with Crippen LogP contribution < -0.4 is 10.1 Å². The Morgan fingerprint density at radius 3 is 2.46 bits per heavy atom. The normalized spacial score (nSPS) is 12.7. The van der Waals surface area contributed by atoms with Gasteiger partial charge in [-0.3, -0.25) is 9.59 Å². The third-order valence-corrected chi connectivity index (χ3v) is 4.75. The van der Waals surface area contributed by atoms with Crippen LogP contribution in [0.15, 0.2) is 54.6 Å². The quantitative estimate of drug-likeness (QED) is 0.688. The van der Waals surface area contributed by atoms with Gasteiger partial charge >= 0.3 is 0 Å². The summed E-state index contributed by atoms with van der Waals surface area (Å²) in [7, 11) is 0. The van der Waals surface area contributed by atoms with Crippen LogP contribution in [0.1, 0.15) is 32.8 Å². The highest BCUT2D eigenvalue weighted by molar-refractivity contribution is 6.30. The molecule has 1 N–H and O–H groups in total. The summed E-state index contributed by atoms with van der Waals surface area (Å²) in [5.74, 6) is 0.148. The summed E-state index contributed by atoms with van der Waals surface area (Å²) >= 11 is 6.07. The third kappa shape index (κ3) is 6.57. The number of rotatable bonds is 9. The zero-order chi connectivity index (χ0) is 20.5. The monoisotopic (exact) mass is 402 g/mol. The lowest BCUT2D eigenvalue weighted by molar-refractivity contribution is -0.142. The van der Waals surface area contributed by atoms with E-state index in [2.05, 4.69) is 5.32 Å². The minimum Gasteiger partial charge on any atom is -0.484 e. The van der Waals surface area contributed by atoms with Crippen molar-refractivity contribution in [3.63, 3.8) is 0 Å². The number of ether oxygens (including phenoxy) is 1. The van der Waals surface area contributed by atoms with Gasteiger partial charge in [-0.25, -0.2) is 0 Å². The van der Waals surface area contributed by atoms with Crippen LogP contribution in [0.4, 0.5) is 0 Å². The number of hydrogen-bond donors (Lipinski definition) is 1. The topological polar surface area (TPSA) is 58.6 Å². The van der Waals surface area contributed by atoms with Gasteiger partial charge in [-0.15, -0.1) is 0 Å². The lowest BCUT2D eigenvalue weighted by Crippen LogP contribution is -2.50. The Balaban J connectivity index is 2.14. The van der Waals surface area contributed by atoms with Crippen LogP contribution in [0.3, 0.4) is 0 Å². The summed E-state index contributed by atoms with van der Waals surface area (Å²) in [5.41, 5.74) is 0.851. The molecule has 0 aliphatic heterocycles. The van der Waals surface area contributed by atoms with E-state index < -0.39 is 6.04 Å². The standard InChI is InChI=1S/C22H27ClN2O3/c1-4-16(2)24-22(27)17(3)25(14-18-9-8-10-19(23)13-18)21(26)15-28-20-11-6-5-7-12-20/h5-13,16-17H,4,14-15H2,1-3H3,(H,24,27)/t16-,17-/m1/s1. The highest BCUT2D eigenvalue weighted by atomic mass is 35.5. The maximum absolute atomic E-state index is 12.9. The number of amides is 2. The molecule has 0 bridgehead atoms. The van der Waals surface area contributed by atoms with Gasteiger partial charge < -0.3 is 15.0 Å². The summed E-state index contributed by atoms with van der Waals surface area (Å²) < 4.78 is 5.59. The maximum Gasteiger partial charge on any atom is 0.261 e. The number of nitrogens with zero attached hydrogens (tertiary/aromatic N) is 1. The van der Waals surface area contributed by atoms with Crippen molar-refractivity contribution in [3.8, 4) is 5.75 Å². The SMILES string of the molecule is CC[C@@H](C)NC(=O)[C@@H](C)N(Cc1cccc(Cl)c1)C(=O)COc1ccccc1. The van der Waals surface area contributed by atoms with Crippen LogP contribution in [0.25, 0.3) is 0 Å². The van der Waals surface area contributed by atoms with Gasteiger partial charge in [0.1, 0.15) is 11.8 Å². The second-order valence-corrected chi connectivity index (χ2v) is 7.18. The number of nitrogens with one attached hydrogen (secondary N) is 1. The predicted molar refractivity (Wildman–Crippen MR) is 111 cm³/mol. The zero-order valence-electron chi connectivity index (χ0n) is 16.5. The molecule has 2 amide bonds. The molecule has 0 saturated heterocycles. The summed E-state index contributed by atoms with van der Waals surface area (Å²) in [6, 6.07) is 15.8. The first-order valence-corrected chi connectivity index (χ1v) is 9.80. The average molecular weight is 403 g/mol. The molecular formula is C22H27ClN2O3. The van der Waals surface area contributed by atoms with E-state index in [0.717, 1.165) is 12.0 Å². The Labute approximate surface area is 171 Å². The predicted octanol–water partition coefficient (Wildman–Crippen LogP) is 4.05. The van der Waals surface area contributed by atoms with E-state index in [-0.39, 0.29) is 31.0 Å². The molecule has 0 spiro atoms. The second-order valence-electron chi connectivity index (χ2n) is 6.75. The Hall–Kier alpha value is -2.53. The molecule has 2 rings (SSSR count). The van der Waals surface area contributed by atoms with Crippen molar-refractivity contribution in [1.29, 1.82) is 0 Å². The molecule has 0 saturated carbocycles. The molecule has 0 heterocycles. The first-order valence-electron chi connectivity index (χ1n) is 9.42. The fourth-order valence-corrected chi connectivity index (χ4v) is 2.84. The third-order valence-electron chi connectivity index (χ3n) is 4.52. The molecule has 0 radical (unpaired) electrons. The molecule has 0 unspecified atom stereocenters.